The Hall–Kier alpha value is -2.40. The van der Waals surface area contributed by atoms with E-state index in [2.05, 4.69) is 10.1 Å². The molecule has 112 valence electrons. The van der Waals surface area contributed by atoms with E-state index in [1.54, 1.807) is 0 Å². The third-order valence-corrected chi connectivity index (χ3v) is 4.18. The van der Waals surface area contributed by atoms with Gasteiger partial charge in [-0.1, -0.05) is 16.8 Å². The minimum Gasteiger partial charge on any atom is -0.454 e. The molecule has 2 aliphatic heterocycles. The summed E-state index contributed by atoms with van der Waals surface area (Å²) in [4.78, 5) is 2.16. The van der Waals surface area contributed by atoms with Gasteiger partial charge >= 0.3 is 0 Å². The number of halogens is 1. The normalized spacial score (nSPS) is 17.7. The summed E-state index contributed by atoms with van der Waals surface area (Å²) in [5.41, 5.74) is 3.47. The molecule has 6 heteroatoms. The predicted octanol–water partition coefficient (Wildman–Crippen LogP) is 3.79. The molecule has 4 rings (SSSR count). The largest absolute Gasteiger partial charge is 0.454 e. The molecule has 0 bridgehead atoms. The number of fused-ring (bicyclic) bond motifs is 2. The van der Waals surface area contributed by atoms with Crippen molar-refractivity contribution in [2.24, 2.45) is 5.16 Å². The van der Waals surface area contributed by atoms with E-state index in [1.807, 2.05) is 36.4 Å². The van der Waals surface area contributed by atoms with Gasteiger partial charge < -0.3 is 19.6 Å². The van der Waals surface area contributed by atoms with Gasteiger partial charge in [0.2, 0.25) is 6.79 Å². The summed E-state index contributed by atoms with van der Waals surface area (Å²) in [7, 11) is 0. The number of oxime groups is 1. The SMILES string of the molecule is O/N=C1\CCN(c2ccc(Cl)cc2)c2cc3c(cc21)OCO3. The molecule has 0 aliphatic carbocycles. The maximum atomic E-state index is 9.26. The van der Waals surface area contributed by atoms with Crippen LogP contribution in [0.5, 0.6) is 11.5 Å². The van der Waals surface area contributed by atoms with Crippen molar-refractivity contribution in [2.45, 2.75) is 6.42 Å². The topological polar surface area (TPSA) is 54.3 Å². The van der Waals surface area contributed by atoms with E-state index in [0.717, 1.165) is 16.9 Å². The zero-order valence-electron chi connectivity index (χ0n) is 11.6. The van der Waals surface area contributed by atoms with Gasteiger partial charge in [0.25, 0.3) is 0 Å². The van der Waals surface area contributed by atoms with E-state index >= 15 is 0 Å². The molecule has 0 amide bonds. The summed E-state index contributed by atoms with van der Waals surface area (Å²) in [5.74, 6) is 1.38. The van der Waals surface area contributed by atoms with E-state index < -0.39 is 0 Å². The number of hydrogen-bond donors (Lipinski definition) is 1. The lowest BCUT2D eigenvalue weighted by atomic mass is 9.98. The van der Waals surface area contributed by atoms with Crippen molar-refractivity contribution in [2.75, 3.05) is 18.2 Å². The first-order valence-electron chi connectivity index (χ1n) is 6.94. The van der Waals surface area contributed by atoms with Gasteiger partial charge in [0, 0.05) is 35.3 Å². The van der Waals surface area contributed by atoms with Crippen molar-refractivity contribution >= 4 is 28.7 Å². The molecule has 0 radical (unpaired) electrons. The second-order valence-electron chi connectivity index (χ2n) is 5.15. The maximum Gasteiger partial charge on any atom is 0.231 e. The van der Waals surface area contributed by atoms with Crippen LogP contribution in [0.4, 0.5) is 11.4 Å². The lowest BCUT2D eigenvalue weighted by Crippen LogP contribution is -2.28. The molecule has 2 heterocycles. The highest BCUT2D eigenvalue weighted by Gasteiger charge is 2.27. The zero-order valence-corrected chi connectivity index (χ0v) is 12.4. The summed E-state index contributed by atoms with van der Waals surface area (Å²) < 4.78 is 10.9. The minimum atomic E-state index is 0.213. The summed E-state index contributed by atoms with van der Waals surface area (Å²) >= 11 is 5.97. The van der Waals surface area contributed by atoms with Gasteiger partial charge in [-0.25, -0.2) is 0 Å². The highest BCUT2D eigenvalue weighted by molar-refractivity contribution is 6.30. The molecule has 0 saturated carbocycles. The van der Waals surface area contributed by atoms with Gasteiger partial charge in [-0.15, -0.1) is 0 Å². The Morgan fingerprint density at radius 3 is 2.55 bits per heavy atom. The van der Waals surface area contributed by atoms with Crippen LogP contribution in [0.15, 0.2) is 41.6 Å². The van der Waals surface area contributed by atoms with Crippen LogP contribution in [-0.4, -0.2) is 24.3 Å². The lowest BCUT2D eigenvalue weighted by Gasteiger charge is -2.31. The summed E-state index contributed by atoms with van der Waals surface area (Å²) in [6, 6.07) is 11.5. The summed E-state index contributed by atoms with van der Waals surface area (Å²) in [6.45, 7) is 0.929. The Morgan fingerprint density at radius 2 is 1.82 bits per heavy atom. The van der Waals surface area contributed by atoms with Gasteiger partial charge in [0.15, 0.2) is 11.5 Å². The Bertz CT molecular complexity index is 759. The second-order valence-corrected chi connectivity index (χ2v) is 5.58. The molecular formula is C16H13ClN2O3. The summed E-state index contributed by atoms with van der Waals surface area (Å²) in [6.07, 6.45) is 0.645. The average molecular weight is 317 g/mol. The van der Waals surface area contributed by atoms with Gasteiger partial charge in [-0.2, -0.15) is 0 Å². The highest BCUT2D eigenvalue weighted by Crippen LogP contribution is 2.43. The maximum absolute atomic E-state index is 9.26. The molecule has 0 fully saturated rings. The van der Waals surface area contributed by atoms with Crippen molar-refractivity contribution in [3.05, 3.63) is 47.0 Å². The van der Waals surface area contributed by atoms with E-state index in [1.165, 1.54) is 0 Å². The van der Waals surface area contributed by atoms with Crippen molar-refractivity contribution in [3.63, 3.8) is 0 Å². The molecule has 2 aliphatic rings. The number of nitrogens with zero attached hydrogens (tertiary/aromatic N) is 2. The molecule has 0 spiro atoms. The fraction of sp³-hybridized carbons (Fsp3) is 0.188. The van der Waals surface area contributed by atoms with Crippen LogP contribution in [0.25, 0.3) is 0 Å². The standard InChI is InChI=1S/C16H13ClN2O3/c17-10-1-3-11(4-2-10)19-6-5-13(18-20)12-7-15-16(8-14(12)19)22-9-21-15/h1-4,7-8,20H,5-6,9H2/b18-13+. The first kappa shape index (κ1) is 13.3. The van der Waals surface area contributed by atoms with Crippen molar-refractivity contribution in [1.82, 2.24) is 0 Å². The fourth-order valence-corrected chi connectivity index (χ4v) is 2.98. The lowest BCUT2D eigenvalue weighted by molar-refractivity contribution is 0.174. The predicted molar refractivity (Wildman–Crippen MR) is 84.0 cm³/mol. The van der Waals surface area contributed by atoms with E-state index in [-0.39, 0.29) is 6.79 Å². The molecule has 0 unspecified atom stereocenters. The van der Waals surface area contributed by atoms with Gasteiger partial charge in [-0.3, -0.25) is 0 Å². The van der Waals surface area contributed by atoms with Crippen LogP contribution in [0, 0.1) is 0 Å². The summed E-state index contributed by atoms with van der Waals surface area (Å²) in [5, 5.41) is 13.4. The smallest absolute Gasteiger partial charge is 0.231 e. The van der Waals surface area contributed by atoms with Crippen LogP contribution in [0.2, 0.25) is 5.02 Å². The van der Waals surface area contributed by atoms with Crippen molar-refractivity contribution in [1.29, 1.82) is 0 Å². The van der Waals surface area contributed by atoms with E-state index in [4.69, 9.17) is 21.1 Å². The van der Waals surface area contributed by atoms with Gasteiger partial charge in [0.1, 0.15) is 0 Å². The third kappa shape index (κ3) is 2.05. The Labute approximate surface area is 132 Å². The number of hydrogen-bond acceptors (Lipinski definition) is 5. The number of anilines is 2. The Morgan fingerprint density at radius 1 is 1.09 bits per heavy atom. The molecule has 0 saturated heterocycles. The first-order valence-corrected chi connectivity index (χ1v) is 7.32. The fourth-order valence-electron chi connectivity index (χ4n) is 2.85. The number of ether oxygens (including phenoxy) is 2. The van der Waals surface area contributed by atoms with E-state index in [9.17, 15) is 5.21 Å². The van der Waals surface area contributed by atoms with E-state index in [0.29, 0.717) is 35.2 Å². The van der Waals surface area contributed by atoms with Crippen LogP contribution < -0.4 is 14.4 Å². The zero-order chi connectivity index (χ0) is 15.1. The molecule has 0 aromatic heterocycles. The quantitative estimate of drug-likeness (QED) is 0.642. The van der Waals surface area contributed by atoms with Gasteiger partial charge in [0.05, 0.1) is 11.4 Å². The third-order valence-electron chi connectivity index (χ3n) is 3.92. The molecule has 22 heavy (non-hydrogen) atoms. The molecule has 5 nitrogen and oxygen atoms in total. The minimum absolute atomic E-state index is 0.213. The van der Waals surface area contributed by atoms with Crippen LogP contribution in [0.3, 0.4) is 0 Å². The Kier molecular flexibility index (Phi) is 3.08. The van der Waals surface area contributed by atoms with Gasteiger partial charge in [-0.05, 0) is 30.3 Å². The molecule has 1 N–H and O–H groups in total. The molecular weight excluding hydrogens is 304 g/mol. The first-order chi connectivity index (χ1) is 10.8. The monoisotopic (exact) mass is 316 g/mol. The van der Waals surface area contributed by atoms with Crippen molar-refractivity contribution < 1.29 is 14.7 Å². The molecule has 2 aromatic rings. The average Bonchev–Trinajstić information content (AvgIpc) is 3.00. The van der Waals surface area contributed by atoms with Crippen LogP contribution in [0.1, 0.15) is 12.0 Å². The Balaban J connectivity index is 1.85. The number of benzene rings is 2. The second kappa shape index (κ2) is 5.10. The van der Waals surface area contributed by atoms with Crippen LogP contribution >= 0.6 is 11.6 Å². The molecule has 0 atom stereocenters. The van der Waals surface area contributed by atoms with Crippen LogP contribution in [-0.2, 0) is 0 Å². The van der Waals surface area contributed by atoms with Crippen molar-refractivity contribution in [3.8, 4) is 11.5 Å². The number of rotatable bonds is 1. The highest BCUT2D eigenvalue weighted by atomic mass is 35.5. The molecule has 2 aromatic carbocycles.